The molecule has 0 aromatic carbocycles. The van der Waals surface area contributed by atoms with Crippen LogP contribution in [0.4, 0.5) is 0 Å². The van der Waals surface area contributed by atoms with Crippen molar-refractivity contribution in [3.05, 3.63) is 48.6 Å². The average Bonchev–Trinajstić information content (AvgIpc) is 2.94. The molecule has 1 N–H and O–H groups in total. The Morgan fingerprint density at radius 2 is 1.15 bits per heavy atom. The first-order valence-corrected chi connectivity index (χ1v) is 16.2. The number of carbonyl (C=O) groups excluding carboxylic acids is 1. The van der Waals surface area contributed by atoms with Crippen LogP contribution in [0.3, 0.4) is 0 Å². The van der Waals surface area contributed by atoms with Crippen molar-refractivity contribution >= 4 is 5.97 Å². The minimum atomic E-state index is -0.550. The van der Waals surface area contributed by atoms with Crippen LogP contribution in [0.15, 0.2) is 48.6 Å². The molecule has 0 spiro atoms. The molecule has 0 rings (SSSR count). The monoisotopic (exact) mass is 546 g/mol. The minimum absolute atomic E-state index is 0.187. The van der Waals surface area contributed by atoms with E-state index in [1.807, 2.05) is 0 Å². The Labute approximate surface area is 242 Å². The van der Waals surface area contributed by atoms with Crippen LogP contribution in [-0.2, 0) is 14.3 Å². The largest absolute Gasteiger partial charge is 0.457 e. The lowest BCUT2D eigenvalue weighted by Gasteiger charge is -2.15. The Bertz CT molecular complexity index is 620. The van der Waals surface area contributed by atoms with Gasteiger partial charge in [0, 0.05) is 13.0 Å². The number of ether oxygens (including phenoxy) is 2. The zero-order valence-electron chi connectivity index (χ0n) is 25.6. The molecule has 226 valence electrons. The van der Waals surface area contributed by atoms with Crippen LogP contribution in [0.1, 0.15) is 142 Å². The summed E-state index contributed by atoms with van der Waals surface area (Å²) in [6.45, 7) is 5.16. The van der Waals surface area contributed by atoms with Crippen LogP contribution < -0.4 is 0 Å². The predicted molar refractivity (Wildman–Crippen MR) is 168 cm³/mol. The van der Waals surface area contributed by atoms with Gasteiger partial charge in [0.1, 0.15) is 6.10 Å². The number of aliphatic hydroxyl groups is 1. The van der Waals surface area contributed by atoms with Gasteiger partial charge in [0.2, 0.25) is 0 Å². The van der Waals surface area contributed by atoms with Crippen LogP contribution >= 0.6 is 0 Å². The molecule has 39 heavy (non-hydrogen) atoms. The van der Waals surface area contributed by atoms with E-state index in [0.29, 0.717) is 13.0 Å². The third-order valence-electron chi connectivity index (χ3n) is 6.64. The van der Waals surface area contributed by atoms with E-state index in [4.69, 9.17) is 9.47 Å². The Kier molecular flexibility index (Phi) is 31.2. The molecule has 0 heterocycles. The Morgan fingerprint density at radius 1 is 0.641 bits per heavy atom. The first-order valence-electron chi connectivity index (χ1n) is 16.2. The number of esters is 1. The molecule has 0 aliphatic carbocycles. The molecule has 4 heteroatoms. The summed E-state index contributed by atoms with van der Waals surface area (Å²) in [5, 5.41) is 9.51. The summed E-state index contributed by atoms with van der Waals surface area (Å²) in [5.41, 5.74) is 0. The maximum Gasteiger partial charge on any atom is 0.306 e. The summed E-state index contributed by atoms with van der Waals surface area (Å²) in [5.74, 6) is -0.234. The second-order valence-corrected chi connectivity index (χ2v) is 10.5. The molecular formula is C35H62O4. The molecule has 0 aliphatic heterocycles. The molecule has 0 bridgehead atoms. The fourth-order valence-corrected chi connectivity index (χ4v) is 4.22. The van der Waals surface area contributed by atoms with Crippen molar-refractivity contribution < 1.29 is 19.4 Å². The van der Waals surface area contributed by atoms with Gasteiger partial charge < -0.3 is 14.6 Å². The van der Waals surface area contributed by atoms with E-state index >= 15 is 0 Å². The highest BCUT2D eigenvalue weighted by atomic mass is 16.6. The quantitative estimate of drug-likeness (QED) is 0.0576. The second-order valence-electron chi connectivity index (χ2n) is 10.5. The number of carbonyl (C=O) groups is 1. The average molecular weight is 547 g/mol. The Hall–Kier alpha value is -1.65. The highest BCUT2D eigenvalue weighted by Crippen LogP contribution is 2.10. The normalized spacial score (nSPS) is 13.0. The summed E-state index contributed by atoms with van der Waals surface area (Å²) < 4.78 is 11.0. The molecular weight excluding hydrogens is 484 g/mol. The van der Waals surface area contributed by atoms with E-state index in [2.05, 4.69) is 62.5 Å². The number of unbranched alkanes of at least 4 members (excludes halogenated alkanes) is 13. The third kappa shape index (κ3) is 30.7. The van der Waals surface area contributed by atoms with Crippen LogP contribution in [0.2, 0.25) is 0 Å². The van der Waals surface area contributed by atoms with E-state index in [1.54, 1.807) is 0 Å². The third-order valence-corrected chi connectivity index (χ3v) is 6.64. The molecule has 0 saturated heterocycles. The minimum Gasteiger partial charge on any atom is -0.457 e. The Balaban J connectivity index is 3.53. The zero-order valence-corrected chi connectivity index (χ0v) is 25.6. The van der Waals surface area contributed by atoms with Crippen LogP contribution in [-0.4, -0.2) is 37.0 Å². The van der Waals surface area contributed by atoms with E-state index in [-0.39, 0.29) is 19.2 Å². The number of rotatable bonds is 29. The topological polar surface area (TPSA) is 55.8 Å². The molecule has 4 nitrogen and oxygen atoms in total. The molecule has 0 radical (unpaired) electrons. The van der Waals surface area contributed by atoms with Gasteiger partial charge in [-0.25, -0.2) is 0 Å². The highest BCUT2D eigenvalue weighted by molar-refractivity contribution is 5.69. The van der Waals surface area contributed by atoms with Crippen LogP contribution in [0.25, 0.3) is 0 Å². The number of allylic oxidation sites excluding steroid dienone is 8. The van der Waals surface area contributed by atoms with Crippen LogP contribution in [0, 0.1) is 0 Å². The van der Waals surface area contributed by atoms with Gasteiger partial charge in [-0.05, 0) is 70.6 Å². The molecule has 0 amide bonds. The van der Waals surface area contributed by atoms with Gasteiger partial charge >= 0.3 is 5.97 Å². The first-order chi connectivity index (χ1) is 19.2. The summed E-state index contributed by atoms with van der Waals surface area (Å²) >= 11 is 0. The van der Waals surface area contributed by atoms with Crippen molar-refractivity contribution in [2.24, 2.45) is 0 Å². The number of hydrogen-bond acceptors (Lipinski definition) is 4. The van der Waals surface area contributed by atoms with E-state index in [0.717, 1.165) is 51.4 Å². The van der Waals surface area contributed by atoms with Gasteiger partial charge in [-0.2, -0.15) is 0 Å². The fraction of sp³-hybridized carbons (Fsp3) is 0.743. The second kappa shape index (κ2) is 32.6. The molecule has 0 aromatic rings. The van der Waals surface area contributed by atoms with Gasteiger partial charge in [0.15, 0.2) is 0 Å². The van der Waals surface area contributed by atoms with Crippen LogP contribution in [0.5, 0.6) is 0 Å². The summed E-state index contributed by atoms with van der Waals surface area (Å²) in [6, 6.07) is 0. The standard InChI is InChI=1S/C35H62O4/c1-3-5-7-9-11-13-15-17-19-21-23-25-27-29-31-38-33-34(32-36)39-35(37)30-28-26-24-22-20-18-16-14-12-10-8-6-4-2/h6,8,12-15,18,20,34,36H,3-5,7,9-11,16-17,19,21-33H2,1-2H3/b8-6-,14-12-,15-13-,20-18-. The molecule has 1 unspecified atom stereocenters. The fourth-order valence-electron chi connectivity index (χ4n) is 4.22. The van der Waals surface area contributed by atoms with Crippen molar-refractivity contribution in [1.29, 1.82) is 0 Å². The number of aliphatic hydroxyl groups excluding tert-OH is 1. The molecule has 0 aliphatic rings. The van der Waals surface area contributed by atoms with Gasteiger partial charge in [0.05, 0.1) is 13.2 Å². The zero-order chi connectivity index (χ0) is 28.5. The summed E-state index contributed by atoms with van der Waals surface area (Å²) in [7, 11) is 0. The highest BCUT2D eigenvalue weighted by Gasteiger charge is 2.13. The molecule has 0 aromatic heterocycles. The summed E-state index contributed by atoms with van der Waals surface area (Å²) in [4.78, 5) is 12.1. The van der Waals surface area contributed by atoms with Crippen molar-refractivity contribution in [3.63, 3.8) is 0 Å². The van der Waals surface area contributed by atoms with E-state index in [9.17, 15) is 9.90 Å². The maximum atomic E-state index is 12.1. The number of hydrogen-bond donors (Lipinski definition) is 1. The van der Waals surface area contributed by atoms with Gasteiger partial charge in [-0.15, -0.1) is 0 Å². The first kappa shape index (κ1) is 37.4. The molecule has 1 atom stereocenters. The smallest absolute Gasteiger partial charge is 0.306 e. The maximum absolute atomic E-state index is 12.1. The summed E-state index contributed by atoms with van der Waals surface area (Å²) in [6.07, 6.45) is 40.0. The van der Waals surface area contributed by atoms with Gasteiger partial charge in [-0.3, -0.25) is 4.79 Å². The molecule has 0 saturated carbocycles. The SMILES string of the molecule is CC/C=C\C/C=C\C/C=C\CCCCCC(=O)OC(CO)COCCCCCCCC/C=C\CCCCCC. The van der Waals surface area contributed by atoms with Crippen molar-refractivity contribution in [1.82, 2.24) is 0 Å². The van der Waals surface area contributed by atoms with Gasteiger partial charge in [-0.1, -0.05) is 114 Å². The lowest BCUT2D eigenvalue weighted by Crippen LogP contribution is -2.27. The van der Waals surface area contributed by atoms with E-state index in [1.165, 1.54) is 70.6 Å². The van der Waals surface area contributed by atoms with Crippen molar-refractivity contribution in [2.75, 3.05) is 19.8 Å². The lowest BCUT2D eigenvalue weighted by atomic mass is 10.1. The lowest BCUT2D eigenvalue weighted by molar-refractivity contribution is -0.154. The predicted octanol–water partition coefficient (Wildman–Crippen LogP) is 9.97. The molecule has 0 fully saturated rings. The van der Waals surface area contributed by atoms with E-state index < -0.39 is 6.10 Å². The van der Waals surface area contributed by atoms with Crippen molar-refractivity contribution in [3.8, 4) is 0 Å². The Morgan fingerprint density at radius 3 is 1.77 bits per heavy atom. The van der Waals surface area contributed by atoms with Gasteiger partial charge in [0.25, 0.3) is 0 Å². The van der Waals surface area contributed by atoms with Crippen molar-refractivity contribution in [2.45, 2.75) is 148 Å².